The van der Waals surface area contributed by atoms with Crippen molar-refractivity contribution >= 4 is 17.9 Å². The van der Waals surface area contributed by atoms with E-state index in [-0.39, 0.29) is 31.1 Å². The molecule has 6 nitrogen and oxygen atoms in total. The Kier molecular flexibility index (Phi) is 40.8. The van der Waals surface area contributed by atoms with E-state index in [1.165, 1.54) is 154 Å². The monoisotopic (exact) mass is 779 g/mol. The predicted molar refractivity (Wildman–Crippen MR) is 233 cm³/mol. The Labute approximate surface area is 342 Å². The molecule has 0 amide bonds. The minimum atomic E-state index is -0.760. The van der Waals surface area contributed by atoms with Gasteiger partial charge in [-0.3, -0.25) is 14.4 Å². The molecule has 0 aliphatic heterocycles. The summed E-state index contributed by atoms with van der Waals surface area (Å²) in [6.07, 6.45) is 41.0. The van der Waals surface area contributed by atoms with Crippen LogP contribution in [0.15, 0.2) is 0 Å². The van der Waals surface area contributed by atoms with Crippen LogP contribution in [0.4, 0.5) is 0 Å². The molecule has 55 heavy (non-hydrogen) atoms. The van der Waals surface area contributed by atoms with Gasteiger partial charge in [-0.05, 0) is 31.1 Å². The topological polar surface area (TPSA) is 78.9 Å². The molecule has 0 saturated heterocycles. The zero-order chi connectivity index (χ0) is 40.5. The van der Waals surface area contributed by atoms with Crippen molar-refractivity contribution < 1.29 is 28.6 Å². The maximum atomic E-state index is 12.7. The standard InChI is InChI=1S/C49H94O6/c1-6-8-9-10-22-29-34-39-47(50)53-42-46(43-54-48(51)40-35-30-25-21-17-18-23-27-32-37-44(3)4)55-49(52)41-36-31-26-20-16-14-12-11-13-15-19-24-28-33-38-45(5)7-2/h44-46H,6-43H2,1-5H3/t45?,46-/m1/s1. The van der Waals surface area contributed by atoms with Gasteiger partial charge in [0.2, 0.25) is 0 Å². The fourth-order valence-electron chi connectivity index (χ4n) is 7.25. The fourth-order valence-corrected chi connectivity index (χ4v) is 7.25. The highest BCUT2D eigenvalue weighted by Crippen LogP contribution is 2.17. The van der Waals surface area contributed by atoms with E-state index in [1.54, 1.807) is 0 Å². The third kappa shape index (κ3) is 41.9. The number of carbonyl (C=O) groups is 3. The first kappa shape index (κ1) is 53.4. The van der Waals surface area contributed by atoms with E-state index in [9.17, 15) is 14.4 Å². The van der Waals surface area contributed by atoms with Gasteiger partial charge in [-0.2, -0.15) is 0 Å². The minimum absolute atomic E-state index is 0.0650. The molecule has 0 radical (unpaired) electrons. The van der Waals surface area contributed by atoms with Crippen LogP contribution >= 0.6 is 0 Å². The van der Waals surface area contributed by atoms with Crippen molar-refractivity contribution in [3.05, 3.63) is 0 Å². The van der Waals surface area contributed by atoms with E-state index >= 15 is 0 Å². The van der Waals surface area contributed by atoms with Gasteiger partial charge in [-0.1, -0.05) is 227 Å². The van der Waals surface area contributed by atoms with Crippen LogP contribution in [-0.4, -0.2) is 37.2 Å². The van der Waals surface area contributed by atoms with Gasteiger partial charge in [0.25, 0.3) is 0 Å². The SMILES string of the molecule is CCCCCCCCCC(=O)OC[C@H](COC(=O)CCCCCCCCCCCC(C)C)OC(=O)CCCCCCCCCCCCCCCCC(C)CC. The van der Waals surface area contributed by atoms with Gasteiger partial charge in [0, 0.05) is 19.3 Å². The highest BCUT2D eigenvalue weighted by atomic mass is 16.6. The van der Waals surface area contributed by atoms with Crippen molar-refractivity contribution in [2.24, 2.45) is 11.8 Å². The van der Waals surface area contributed by atoms with Gasteiger partial charge in [-0.25, -0.2) is 0 Å². The van der Waals surface area contributed by atoms with Crippen LogP contribution in [0.25, 0.3) is 0 Å². The molecular weight excluding hydrogens is 685 g/mol. The number of carbonyl (C=O) groups excluding carboxylic acids is 3. The Morgan fingerprint density at radius 2 is 0.691 bits per heavy atom. The van der Waals surface area contributed by atoms with E-state index in [2.05, 4.69) is 34.6 Å². The zero-order valence-electron chi connectivity index (χ0n) is 37.6. The lowest BCUT2D eigenvalue weighted by molar-refractivity contribution is -0.167. The first-order chi connectivity index (χ1) is 26.8. The van der Waals surface area contributed by atoms with E-state index in [0.717, 1.165) is 69.6 Å². The molecule has 0 heterocycles. The van der Waals surface area contributed by atoms with Gasteiger partial charge < -0.3 is 14.2 Å². The quantitative estimate of drug-likeness (QED) is 0.0348. The fraction of sp³-hybridized carbons (Fsp3) is 0.939. The average molecular weight is 779 g/mol. The number of hydrogen-bond acceptors (Lipinski definition) is 6. The molecule has 0 spiro atoms. The molecular formula is C49H94O6. The minimum Gasteiger partial charge on any atom is -0.462 e. The van der Waals surface area contributed by atoms with Crippen molar-refractivity contribution in [1.82, 2.24) is 0 Å². The van der Waals surface area contributed by atoms with Crippen LogP contribution in [0.2, 0.25) is 0 Å². The molecule has 0 fully saturated rings. The molecule has 0 saturated carbocycles. The summed E-state index contributed by atoms with van der Waals surface area (Å²) in [6.45, 7) is 11.3. The molecule has 6 heteroatoms. The molecule has 0 aromatic carbocycles. The number of esters is 3. The van der Waals surface area contributed by atoms with E-state index in [4.69, 9.17) is 14.2 Å². The Balaban J connectivity index is 4.22. The second kappa shape index (κ2) is 42.0. The summed E-state index contributed by atoms with van der Waals surface area (Å²) < 4.78 is 16.7. The van der Waals surface area contributed by atoms with E-state index < -0.39 is 6.10 Å². The van der Waals surface area contributed by atoms with Gasteiger partial charge in [-0.15, -0.1) is 0 Å². The third-order valence-electron chi connectivity index (χ3n) is 11.3. The molecule has 0 aromatic heterocycles. The second-order valence-electron chi connectivity index (χ2n) is 17.5. The molecule has 0 aromatic rings. The van der Waals surface area contributed by atoms with Crippen molar-refractivity contribution in [3.8, 4) is 0 Å². The number of unbranched alkanes of at least 4 members (excludes halogenated alkanes) is 27. The summed E-state index contributed by atoms with van der Waals surface area (Å²) in [5.74, 6) is 0.843. The lowest BCUT2D eigenvalue weighted by Gasteiger charge is -2.18. The molecule has 0 aliphatic rings. The van der Waals surface area contributed by atoms with Gasteiger partial charge in [0.15, 0.2) is 6.10 Å². The number of rotatable bonds is 43. The van der Waals surface area contributed by atoms with Crippen LogP contribution in [0, 0.1) is 11.8 Å². The Hall–Kier alpha value is -1.59. The van der Waals surface area contributed by atoms with Crippen LogP contribution in [0.3, 0.4) is 0 Å². The molecule has 326 valence electrons. The number of ether oxygens (including phenoxy) is 3. The largest absolute Gasteiger partial charge is 0.462 e. The Morgan fingerprint density at radius 3 is 1.04 bits per heavy atom. The highest BCUT2D eigenvalue weighted by Gasteiger charge is 2.19. The second-order valence-corrected chi connectivity index (χ2v) is 17.5. The smallest absolute Gasteiger partial charge is 0.306 e. The average Bonchev–Trinajstić information content (AvgIpc) is 3.17. The molecule has 2 atom stereocenters. The zero-order valence-corrected chi connectivity index (χ0v) is 37.6. The first-order valence-electron chi connectivity index (χ1n) is 24.3. The third-order valence-corrected chi connectivity index (χ3v) is 11.3. The summed E-state index contributed by atoms with van der Waals surface area (Å²) in [5.41, 5.74) is 0. The summed E-state index contributed by atoms with van der Waals surface area (Å²) in [5, 5.41) is 0. The maximum Gasteiger partial charge on any atom is 0.306 e. The normalized spacial score (nSPS) is 12.5. The summed E-state index contributed by atoms with van der Waals surface area (Å²) in [4.78, 5) is 37.7. The van der Waals surface area contributed by atoms with Crippen molar-refractivity contribution in [1.29, 1.82) is 0 Å². The summed E-state index contributed by atoms with van der Waals surface area (Å²) >= 11 is 0. The molecule has 0 N–H and O–H groups in total. The van der Waals surface area contributed by atoms with Gasteiger partial charge in [0.05, 0.1) is 0 Å². The van der Waals surface area contributed by atoms with Crippen molar-refractivity contribution in [3.63, 3.8) is 0 Å². The van der Waals surface area contributed by atoms with Gasteiger partial charge in [0.1, 0.15) is 13.2 Å². The highest BCUT2D eigenvalue weighted by molar-refractivity contribution is 5.71. The molecule has 0 rings (SSSR count). The first-order valence-corrected chi connectivity index (χ1v) is 24.3. The van der Waals surface area contributed by atoms with Crippen LogP contribution in [-0.2, 0) is 28.6 Å². The maximum absolute atomic E-state index is 12.7. The van der Waals surface area contributed by atoms with Crippen LogP contribution < -0.4 is 0 Å². The van der Waals surface area contributed by atoms with E-state index in [0.29, 0.717) is 19.3 Å². The summed E-state index contributed by atoms with van der Waals surface area (Å²) in [6, 6.07) is 0. The Morgan fingerprint density at radius 1 is 0.382 bits per heavy atom. The Bertz CT molecular complexity index is 841. The molecule has 1 unspecified atom stereocenters. The molecule has 0 aliphatic carbocycles. The number of hydrogen-bond donors (Lipinski definition) is 0. The molecule has 0 bridgehead atoms. The van der Waals surface area contributed by atoms with Crippen molar-refractivity contribution in [2.45, 2.75) is 272 Å². The lowest BCUT2D eigenvalue weighted by atomic mass is 9.99. The predicted octanol–water partition coefficient (Wildman–Crippen LogP) is 15.4. The van der Waals surface area contributed by atoms with Gasteiger partial charge >= 0.3 is 17.9 Å². The van der Waals surface area contributed by atoms with Crippen molar-refractivity contribution in [2.75, 3.05) is 13.2 Å². The van der Waals surface area contributed by atoms with E-state index in [1.807, 2.05) is 0 Å². The summed E-state index contributed by atoms with van der Waals surface area (Å²) in [7, 11) is 0. The van der Waals surface area contributed by atoms with Crippen LogP contribution in [0.1, 0.15) is 266 Å². The lowest BCUT2D eigenvalue weighted by Crippen LogP contribution is -2.30. The van der Waals surface area contributed by atoms with Crippen LogP contribution in [0.5, 0.6) is 0 Å².